The summed E-state index contributed by atoms with van der Waals surface area (Å²) in [5, 5.41) is 10.9. The first kappa shape index (κ1) is 23.8. The van der Waals surface area contributed by atoms with Gasteiger partial charge in [-0.05, 0) is 6.07 Å². The van der Waals surface area contributed by atoms with Crippen LogP contribution in [0.15, 0.2) is 29.0 Å². The number of benzene rings is 1. The fourth-order valence-electron chi connectivity index (χ4n) is 4.02. The molecule has 1 aromatic rings. The van der Waals surface area contributed by atoms with Crippen molar-refractivity contribution in [1.82, 2.24) is 9.34 Å². The molecule has 2 aliphatic rings. The number of nitro groups is 1. The van der Waals surface area contributed by atoms with Crippen LogP contribution in [0.3, 0.4) is 0 Å². The lowest BCUT2D eigenvalue weighted by molar-refractivity contribution is -0.385. The molecular formula is C20H31N4O6P. The van der Waals surface area contributed by atoms with Gasteiger partial charge >= 0.3 is 5.69 Å². The Hall–Kier alpha value is -1.84. The number of carbonyl (C=O) groups is 1. The van der Waals surface area contributed by atoms with E-state index >= 15 is 0 Å². The van der Waals surface area contributed by atoms with Gasteiger partial charge in [0.25, 0.3) is 5.91 Å². The molecule has 0 atom stereocenters. The maximum Gasteiger partial charge on any atom is 0.310 e. The van der Waals surface area contributed by atoms with Gasteiger partial charge in [0.05, 0.1) is 31.4 Å². The predicted octanol–water partition coefficient (Wildman–Crippen LogP) is 2.99. The van der Waals surface area contributed by atoms with Gasteiger partial charge in [-0.15, -0.1) is 0 Å². The van der Waals surface area contributed by atoms with E-state index in [2.05, 4.69) is 30.1 Å². The normalized spacial score (nSPS) is 19.1. The number of ether oxygens (including phenoxy) is 3. The standard InChI is InChI=1S/C20H31N4O6P/c1-20(2,3)31(22-8-12-28-13-9-22,23-10-14-29-15-11-23)21-19(25)16-30-18-7-5-4-6-17(18)24(26)27/h4-7H,8-16H2,1-3H3. The second-order valence-corrected chi connectivity index (χ2v) is 12.2. The first-order valence-electron chi connectivity index (χ1n) is 10.4. The van der Waals surface area contributed by atoms with Gasteiger partial charge in [-0.3, -0.25) is 24.2 Å². The zero-order valence-corrected chi connectivity index (χ0v) is 19.3. The molecule has 0 bridgehead atoms. The van der Waals surface area contributed by atoms with Gasteiger partial charge in [0.1, 0.15) is 7.36 Å². The Kier molecular flexibility index (Phi) is 7.82. The number of amides is 1. The van der Waals surface area contributed by atoms with Crippen molar-refractivity contribution in [3.63, 3.8) is 0 Å². The summed E-state index contributed by atoms with van der Waals surface area (Å²) in [6.45, 7) is 11.2. The summed E-state index contributed by atoms with van der Waals surface area (Å²) >= 11 is 0. The molecule has 2 aliphatic heterocycles. The Morgan fingerprint density at radius 2 is 1.61 bits per heavy atom. The highest BCUT2D eigenvalue weighted by atomic mass is 31.2. The minimum atomic E-state index is -2.47. The number of nitrogens with zero attached hydrogens (tertiary/aromatic N) is 4. The summed E-state index contributed by atoms with van der Waals surface area (Å²) < 4.78 is 26.1. The van der Waals surface area contributed by atoms with E-state index in [0.29, 0.717) is 52.6 Å². The molecule has 0 spiro atoms. The van der Waals surface area contributed by atoms with E-state index in [9.17, 15) is 14.9 Å². The maximum absolute atomic E-state index is 13.1. The molecule has 0 unspecified atom stereocenters. The monoisotopic (exact) mass is 454 g/mol. The average molecular weight is 454 g/mol. The molecule has 0 radical (unpaired) electrons. The smallest absolute Gasteiger partial charge is 0.310 e. The minimum Gasteiger partial charge on any atom is -0.477 e. The van der Waals surface area contributed by atoms with Crippen molar-refractivity contribution in [2.75, 3.05) is 59.2 Å². The Morgan fingerprint density at radius 1 is 1.10 bits per heavy atom. The van der Waals surface area contributed by atoms with Crippen LogP contribution >= 0.6 is 7.36 Å². The third kappa shape index (κ3) is 5.32. The lowest BCUT2D eigenvalue weighted by Crippen LogP contribution is -2.48. The zero-order chi connectivity index (χ0) is 22.5. The van der Waals surface area contributed by atoms with Gasteiger partial charge in [0.2, 0.25) is 0 Å². The molecule has 0 aliphatic carbocycles. The molecule has 0 saturated carbocycles. The highest BCUT2D eigenvalue weighted by Crippen LogP contribution is 2.66. The van der Waals surface area contributed by atoms with Crippen LogP contribution < -0.4 is 4.74 Å². The zero-order valence-electron chi connectivity index (χ0n) is 18.4. The summed E-state index contributed by atoms with van der Waals surface area (Å²) in [4.78, 5) is 23.8. The number of morpholine rings is 2. The fraction of sp³-hybridized carbons (Fsp3) is 0.650. The van der Waals surface area contributed by atoms with Crippen LogP contribution in [-0.4, -0.2) is 84.5 Å². The van der Waals surface area contributed by atoms with Crippen LogP contribution in [0.4, 0.5) is 5.69 Å². The first-order chi connectivity index (χ1) is 14.8. The third-order valence-corrected chi connectivity index (χ3v) is 10.0. The summed E-state index contributed by atoms with van der Waals surface area (Å²) in [6, 6.07) is 6.04. The van der Waals surface area contributed by atoms with Gasteiger partial charge in [-0.2, -0.15) is 4.74 Å². The van der Waals surface area contributed by atoms with Gasteiger partial charge in [-0.25, -0.2) is 0 Å². The lowest BCUT2D eigenvalue weighted by Gasteiger charge is -2.52. The Labute approximate surface area is 182 Å². The van der Waals surface area contributed by atoms with E-state index in [1.54, 1.807) is 12.1 Å². The van der Waals surface area contributed by atoms with Crippen LogP contribution in [0.1, 0.15) is 20.8 Å². The molecule has 172 valence electrons. The molecule has 2 heterocycles. The molecule has 10 nitrogen and oxygen atoms in total. The Balaban J connectivity index is 1.94. The van der Waals surface area contributed by atoms with E-state index in [1.807, 2.05) is 0 Å². The SMILES string of the molecule is CC(C)(C)P(=NC(=O)COc1ccccc1[N+](=O)[O-])(N1CCOCC1)N1CCOCC1. The van der Waals surface area contributed by atoms with E-state index in [0.717, 1.165) is 0 Å². The number of hydrogen-bond acceptors (Lipinski definition) is 6. The van der Waals surface area contributed by atoms with E-state index in [4.69, 9.17) is 19.0 Å². The van der Waals surface area contributed by atoms with Gasteiger partial charge in [0.15, 0.2) is 12.4 Å². The molecule has 1 aromatic carbocycles. The summed E-state index contributed by atoms with van der Waals surface area (Å²) in [5.74, 6) is -0.354. The van der Waals surface area contributed by atoms with Crippen molar-refractivity contribution >= 4 is 19.0 Å². The number of hydrogen-bond donors (Lipinski definition) is 0. The molecular weight excluding hydrogens is 423 g/mol. The largest absolute Gasteiger partial charge is 0.477 e. The highest BCUT2D eigenvalue weighted by molar-refractivity contribution is 7.63. The fourth-order valence-corrected chi connectivity index (χ4v) is 8.44. The van der Waals surface area contributed by atoms with Crippen molar-refractivity contribution in [2.24, 2.45) is 4.74 Å². The second-order valence-electron chi connectivity index (χ2n) is 8.38. The topological polar surface area (TPSA) is 107 Å². The second kappa shape index (κ2) is 10.2. The maximum atomic E-state index is 13.1. The summed E-state index contributed by atoms with van der Waals surface area (Å²) in [7, 11) is -2.47. The van der Waals surface area contributed by atoms with Gasteiger partial charge in [-0.1, -0.05) is 32.9 Å². The lowest BCUT2D eigenvalue weighted by atomic mass is 10.3. The highest BCUT2D eigenvalue weighted by Gasteiger charge is 2.46. The Bertz CT molecular complexity index is 822. The molecule has 2 saturated heterocycles. The van der Waals surface area contributed by atoms with E-state index in [1.165, 1.54) is 12.1 Å². The third-order valence-electron chi connectivity index (χ3n) is 5.33. The number of nitro benzene ring substituents is 1. The predicted molar refractivity (Wildman–Crippen MR) is 117 cm³/mol. The molecule has 0 aromatic heterocycles. The van der Waals surface area contributed by atoms with Crippen LogP contribution in [0, 0.1) is 10.1 Å². The average Bonchev–Trinajstić information content (AvgIpc) is 2.76. The first-order valence-corrected chi connectivity index (χ1v) is 12.1. The molecule has 3 rings (SSSR count). The van der Waals surface area contributed by atoms with Gasteiger partial charge in [0, 0.05) is 37.4 Å². The van der Waals surface area contributed by atoms with Crippen LogP contribution in [0.2, 0.25) is 0 Å². The minimum absolute atomic E-state index is 0.0634. The van der Waals surface area contributed by atoms with Crippen molar-refractivity contribution in [3.8, 4) is 5.75 Å². The van der Waals surface area contributed by atoms with Crippen LogP contribution in [-0.2, 0) is 14.3 Å². The van der Waals surface area contributed by atoms with Crippen molar-refractivity contribution < 1.29 is 23.9 Å². The number of carbonyl (C=O) groups excluding carboxylic acids is 1. The van der Waals surface area contributed by atoms with Crippen LogP contribution in [0.5, 0.6) is 5.75 Å². The van der Waals surface area contributed by atoms with Gasteiger partial charge < -0.3 is 14.2 Å². The number of para-hydroxylation sites is 2. The quantitative estimate of drug-likeness (QED) is 0.367. The summed E-state index contributed by atoms with van der Waals surface area (Å²) in [6.07, 6.45) is 0. The molecule has 2 fully saturated rings. The molecule has 1 amide bonds. The molecule has 0 N–H and O–H groups in total. The number of rotatable bonds is 6. The van der Waals surface area contributed by atoms with Crippen molar-refractivity contribution in [1.29, 1.82) is 0 Å². The van der Waals surface area contributed by atoms with Crippen molar-refractivity contribution in [2.45, 2.75) is 25.9 Å². The van der Waals surface area contributed by atoms with Crippen molar-refractivity contribution in [3.05, 3.63) is 34.4 Å². The van der Waals surface area contributed by atoms with E-state index < -0.39 is 18.2 Å². The Morgan fingerprint density at radius 3 is 2.10 bits per heavy atom. The van der Waals surface area contributed by atoms with Crippen LogP contribution in [0.25, 0.3) is 0 Å². The van der Waals surface area contributed by atoms with E-state index in [-0.39, 0.29) is 23.2 Å². The molecule has 11 heteroatoms. The molecule has 31 heavy (non-hydrogen) atoms. The summed E-state index contributed by atoms with van der Waals surface area (Å²) in [5.41, 5.74) is -0.173.